The van der Waals surface area contributed by atoms with E-state index in [-0.39, 0.29) is 19.1 Å². The van der Waals surface area contributed by atoms with Crippen LogP contribution in [-0.2, 0) is 18.4 Å². The molecule has 0 saturated carbocycles. The first-order valence-corrected chi connectivity index (χ1v) is 29.8. The molecule has 0 saturated heterocycles. The number of rotatable bonds is 51. The Morgan fingerprint density at radius 2 is 0.882 bits per heavy atom. The predicted molar refractivity (Wildman–Crippen MR) is 295 cm³/mol. The van der Waals surface area contributed by atoms with Gasteiger partial charge in [0.05, 0.1) is 39.9 Å². The summed E-state index contributed by atoms with van der Waals surface area (Å²) >= 11 is 0. The average Bonchev–Trinajstić information content (AvgIpc) is 3.30. The van der Waals surface area contributed by atoms with Gasteiger partial charge in [-0.15, -0.1) is 0 Å². The standard InChI is InChI=1S/C59H109N2O6P/c1-6-8-10-12-14-16-18-19-20-21-22-23-24-25-26-27-28-29-30-31-32-33-34-35-36-37-38-39-40-41-43-45-47-49-51-53-59(63)60-57(56-67-68(64,65)66-55-54-61(3,4)5)58(62)52-50-48-46-44-42-17-15-13-11-9-7-2/h8,10,14,16,19-20,22-23,25-26,50,52,57-58,62H,6-7,9,11-13,15,17-18,21,24,27-49,51,53-56H2,1-5H3,(H-,60,63,64,65)/p+1/b10-8-,16-14-,20-19-,23-22-,26-25-,52-50+. The number of carbonyl (C=O) groups is 1. The molecule has 0 rings (SSSR count). The normalized spacial score (nSPS) is 14.5. The molecule has 0 aliphatic heterocycles. The van der Waals surface area contributed by atoms with Crippen molar-refractivity contribution in [3.05, 3.63) is 72.9 Å². The van der Waals surface area contributed by atoms with Crippen LogP contribution in [0.15, 0.2) is 72.9 Å². The van der Waals surface area contributed by atoms with Crippen molar-refractivity contribution in [1.82, 2.24) is 5.32 Å². The summed E-state index contributed by atoms with van der Waals surface area (Å²) in [6.07, 6.45) is 68.7. The van der Waals surface area contributed by atoms with Crippen molar-refractivity contribution in [2.24, 2.45) is 0 Å². The van der Waals surface area contributed by atoms with Gasteiger partial charge in [0.1, 0.15) is 13.2 Å². The lowest BCUT2D eigenvalue weighted by Crippen LogP contribution is -2.45. The largest absolute Gasteiger partial charge is 0.472 e. The molecule has 396 valence electrons. The Labute approximate surface area is 421 Å². The van der Waals surface area contributed by atoms with E-state index in [4.69, 9.17) is 9.05 Å². The van der Waals surface area contributed by atoms with Gasteiger partial charge in [-0.3, -0.25) is 13.8 Å². The third kappa shape index (κ3) is 51.8. The Morgan fingerprint density at radius 3 is 1.29 bits per heavy atom. The topological polar surface area (TPSA) is 105 Å². The SMILES string of the molecule is CC/C=C\C/C=C\C/C=C\C/C=C\C/C=C\CCCCCCCCCCCCCCCCCCCCCC(=O)NC(COP(=O)(O)OCC[N+](C)(C)C)C(O)/C=C/CCCCCCCCCCC. The van der Waals surface area contributed by atoms with E-state index in [0.29, 0.717) is 17.4 Å². The number of amides is 1. The predicted octanol–water partition coefficient (Wildman–Crippen LogP) is 17.1. The van der Waals surface area contributed by atoms with Gasteiger partial charge in [-0.05, 0) is 64.2 Å². The van der Waals surface area contributed by atoms with Gasteiger partial charge in [0.25, 0.3) is 0 Å². The van der Waals surface area contributed by atoms with Gasteiger partial charge in [0, 0.05) is 6.42 Å². The monoisotopic (exact) mass is 974 g/mol. The molecule has 0 aliphatic carbocycles. The molecule has 0 spiro atoms. The Balaban J connectivity index is 3.96. The van der Waals surface area contributed by atoms with Crippen LogP contribution < -0.4 is 5.32 Å². The van der Waals surface area contributed by atoms with E-state index in [1.807, 2.05) is 27.2 Å². The summed E-state index contributed by atoms with van der Waals surface area (Å²) in [7, 11) is 1.57. The van der Waals surface area contributed by atoms with Gasteiger partial charge < -0.3 is 19.8 Å². The molecule has 0 aromatic carbocycles. The Bertz CT molecular complexity index is 1330. The van der Waals surface area contributed by atoms with Crippen molar-refractivity contribution in [3.63, 3.8) is 0 Å². The Morgan fingerprint density at radius 1 is 0.515 bits per heavy atom. The van der Waals surface area contributed by atoms with Crippen molar-refractivity contribution in [2.45, 2.75) is 257 Å². The Hall–Kier alpha value is -2.06. The van der Waals surface area contributed by atoms with Crippen LogP contribution in [0.1, 0.15) is 245 Å². The third-order valence-electron chi connectivity index (χ3n) is 12.4. The van der Waals surface area contributed by atoms with E-state index in [0.717, 1.165) is 70.6 Å². The zero-order valence-electron chi connectivity index (χ0n) is 45.1. The molecule has 8 nitrogen and oxygen atoms in total. The van der Waals surface area contributed by atoms with Crippen LogP contribution in [0.25, 0.3) is 0 Å². The number of nitrogens with one attached hydrogen (secondary N) is 1. The fraction of sp³-hybridized carbons (Fsp3) is 0.780. The molecule has 0 aliphatic rings. The van der Waals surface area contributed by atoms with Gasteiger partial charge in [0.2, 0.25) is 5.91 Å². The first-order valence-electron chi connectivity index (χ1n) is 28.3. The number of hydrogen-bond donors (Lipinski definition) is 3. The second-order valence-electron chi connectivity index (χ2n) is 20.3. The number of hydrogen-bond acceptors (Lipinski definition) is 5. The maximum atomic E-state index is 12.9. The second kappa shape index (κ2) is 49.9. The molecular weight excluding hydrogens is 864 g/mol. The molecule has 0 aromatic rings. The van der Waals surface area contributed by atoms with E-state index in [1.165, 1.54) is 154 Å². The molecule has 0 aromatic heterocycles. The van der Waals surface area contributed by atoms with E-state index in [1.54, 1.807) is 6.08 Å². The average molecular weight is 975 g/mol. The van der Waals surface area contributed by atoms with Crippen LogP contribution in [0, 0.1) is 0 Å². The van der Waals surface area contributed by atoms with Crippen LogP contribution in [0.5, 0.6) is 0 Å². The summed E-state index contributed by atoms with van der Waals surface area (Å²) in [4.78, 5) is 23.2. The molecular formula is C59H110N2O6P+. The van der Waals surface area contributed by atoms with Crippen LogP contribution >= 0.6 is 7.82 Å². The van der Waals surface area contributed by atoms with Crippen LogP contribution in [0.3, 0.4) is 0 Å². The number of phosphoric ester groups is 1. The molecule has 3 N–H and O–H groups in total. The first kappa shape index (κ1) is 65.9. The number of carbonyl (C=O) groups excluding carboxylic acids is 1. The molecule has 0 heterocycles. The van der Waals surface area contributed by atoms with Crippen molar-refractivity contribution in [1.29, 1.82) is 0 Å². The summed E-state index contributed by atoms with van der Waals surface area (Å²) in [5.41, 5.74) is 0. The minimum atomic E-state index is -4.34. The number of aliphatic hydroxyl groups excluding tert-OH is 1. The molecule has 3 unspecified atom stereocenters. The molecule has 0 radical (unpaired) electrons. The molecule has 1 amide bonds. The number of nitrogens with zero attached hydrogens (tertiary/aromatic N) is 1. The van der Waals surface area contributed by atoms with Gasteiger partial charge >= 0.3 is 7.82 Å². The first-order chi connectivity index (χ1) is 33.0. The lowest BCUT2D eigenvalue weighted by atomic mass is 10.0. The van der Waals surface area contributed by atoms with Gasteiger partial charge in [-0.2, -0.15) is 0 Å². The maximum Gasteiger partial charge on any atom is 0.472 e. The number of aliphatic hydroxyl groups is 1. The van der Waals surface area contributed by atoms with Gasteiger partial charge in [0.15, 0.2) is 0 Å². The zero-order chi connectivity index (χ0) is 49.9. The van der Waals surface area contributed by atoms with Crippen LogP contribution in [-0.4, -0.2) is 73.4 Å². The van der Waals surface area contributed by atoms with E-state index in [9.17, 15) is 19.4 Å². The van der Waals surface area contributed by atoms with Crippen molar-refractivity contribution >= 4 is 13.7 Å². The Kier molecular flexibility index (Phi) is 48.4. The highest BCUT2D eigenvalue weighted by atomic mass is 31.2. The molecule has 3 atom stereocenters. The van der Waals surface area contributed by atoms with Gasteiger partial charge in [-0.25, -0.2) is 4.57 Å². The molecule has 68 heavy (non-hydrogen) atoms. The highest BCUT2D eigenvalue weighted by Crippen LogP contribution is 2.43. The number of phosphoric acid groups is 1. The van der Waals surface area contributed by atoms with E-state index in [2.05, 4.69) is 79.9 Å². The van der Waals surface area contributed by atoms with E-state index < -0.39 is 20.0 Å². The molecule has 0 bridgehead atoms. The summed E-state index contributed by atoms with van der Waals surface area (Å²) in [5.74, 6) is -0.178. The molecule has 0 fully saturated rings. The van der Waals surface area contributed by atoms with Gasteiger partial charge in [-0.1, -0.05) is 247 Å². The molecule has 9 heteroatoms. The fourth-order valence-corrected chi connectivity index (χ4v) is 8.75. The minimum absolute atomic E-state index is 0.0608. The second-order valence-corrected chi connectivity index (χ2v) is 21.7. The van der Waals surface area contributed by atoms with Crippen molar-refractivity contribution in [2.75, 3.05) is 40.9 Å². The minimum Gasteiger partial charge on any atom is -0.387 e. The lowest BCUT2D eigenvalue weighted by Gasteiger charge is -2.25. The number of likely N-dealkylation sites (N-methyl/N-ethyl adjacent to an activating group) is 1. The highest BCUT2D eigenvalue weighted by Gasteiger charge is 2.27. The van der Waals surface area contributed by atoms with Crippen molar-refractivity contribution in [3.8, 4) is 0 Å². The number of allylic oxidation sites excluding steroid dienone is 11. The summed E-state index contributed by atoms with van der Waals surface area (Å²) in [6, 6.07) is -0.846. The summed E-state index contributed by atoms with van der Waals surface area (Å²) in [6.45, 7) is 4.69. The summed E-state index contributed by atoms with van der Waals surface area (Å²) < 4.78 is 23.6. The highest BCUT2D eigenvalue weighted by molar-refractivity contribution is 7.47. The lowest BCUT2D eigenvalue weighted by molar-refractivity contribution is -0.870. The summed E-state index contributed by atoms with van der Waals surface area (Å²) in [5, 5.41) is 13.9. The van der Waals surface area contributed by atoms with E-state index >= 15 is 0 Å². The van der Waals surface area contributed by atoms with Crippen LogP contribution in [0.2, 0.25) is 0 Å². The van der Waals surface area contributed by atoms with Crippen molar-refractivity contribution < 1.29 is 32.9 Å². The third-order valence-corrected chi connectivity index (χ3v) is 13.4. The quantitative estimate of drug-likeness (QED) is 0.0243. The fourth-order valence-electron chi connectivity index (χ4n) is 8.01. The number of quaternary nitrogens is 1. The smallest absolute Gasteiger partial charge is 0.387 e. The maximum absolute atomic E-state index is 12.9. The number of unbranched alkanes of at least 4 members (excludes halogenated alkanes) is 28. The zero-order valence-corrected chi connectivity index (χ0v) is 46.0. The van der Waals surface area contributed by atoms with Crippen LogP contribution in [0.4, 0.5) is 0 Å².